The number of nitrogens with zero attached hydrogens (tertiary/aromatic N) is 1. The third kappa shape index (κ3) is 1.64. The maximum atomic E-state index is 11.9. The van der Waals surface area contributed by atoms with E-state index in [0.717, 1.165) is 0 Å². The van der Waals surface area contributed by atoms with Crippen molar-refractivity contribution in [1.82, 2.24) is 4.90 Å². The first kappa shape index (κ1) is 13.3. The van der Waals surface area contributed by atoms with Gasteiger partial charge in [0.25, 0.3) is 5.91 Å². The third-order valence-corrected chi connectivity index (χ3v) is 4.40. The fraction of sp³-hybridized carbons (Fsp3) is 0.600. The van der Waals surface area contributed by atoms with Crippen LogP contribution >= 0.6 is 11.8 Å². The minimum Gasteiger partial charge on any atom is -0.477 e. The van der Waals surface area contributed by atoms with Crippen molar-refractivity contribution >= 4 is 23.6 Å². The molecule has 8 heteroatoms. The molecule has 18 heavy (non-hydrogen) atoms. The van der Waals surface area contributed by atoms with E-state index in [0.29, 0.717) is 11.3 Å². The monoisotopic (exact) mass is 274 g/mol. The Hall–Kier alpha value is -1.09. The number of fused-ring (bicyclic) bond motifs is 1. The minimum atomic E-state index is -1.43. The number of hydrogen-bond donors (Lipinski definition) is 2. The van der Waals surface area contributed by atoms with Gasteiger partial charge in [-0.15, -0.1) is 11.8 Å². The number of rotatable bonds is 4. The largest absolute Gasteiger partial charge is 0.477 e. The predicted octanol–water partition coefficient (Wildman–Crippen LogP) is -0.812. The van der Waals surface area contributed by atoms with Gasteiger partial charge in [-0.25, -0.2) is 4.79 Å². The van der Waals surface area contributed by atoms with Crippen LogP contribution in [0.25, 0.3) is 0 Å². The van der Waals surface area contributed by atoms with Crippen LogP contribution in [-0.2, 0) is 19.1 Å². The van der Waals surface area contributed by atoms with Crippen LogP contribution in [0.5, 0.6) is 0 Å². The van der Waals surface area contributed by atoms with Gasteiger partial charge in [-0.2, -0.15) is 0 Å². The average molecular weight is 274 g/mol. The van der Waals surface area contributed by atoms with Crippen LogP contribution in [0.3, 0.4) is 0 Å². The number of ether oxygens (including phenoxy) is 2. The zero-order valence-electron chi connectivity index (χ0n) is 10.0. The summed E-state index contributed by atoms with van der Waals surface area (Å²) in [7, 11) is 2.81. The summed E-state index contributed by atoms with van der Waals surface area (Å²) < 4.78 is 9.95. The van der Waals surface area contributed by atoms with Crippen LogP contribution < -0.4 is 5.73 Å². The van der Waals surface area contributed by atoms with E-state index in [9.17, 15) is 14.7 Å². The van der Waals surface area contributed by atoms with Crippen molar-refractivity contribution < 1.29 is 24.2 Å². The lowest BCUT2D eigenvalue weighted by molar-refractivity contribution is -0.183. The van der Waals surface area contributed by atoms with E-state index in [1.165, 1.54) is 30.9 Å². The summed E-state index contributed by atoms with van der Waals surface area (Å²) >= 11 is 1.37. The van der Waals surface area contributed by atoms with Crippen LogP contribution in [-0.4, -0.2) is 59.6 Å². The molecule has 0 saturated carbocycles. The van der Waals surface area contributed by atoms with Gasteiger partial charge in [-0.3, -0.25) is 15.4 Å². The first-order valence-corrected chi connectivity index (χ1v) is 6.25. The highest BCUT2D eigenvalue weighted by Crippen LogP contribution is 2.45. The van der Waals surface area contributed by atoms with Crippen molar-refractivity contribution in [1.29, 1.82) is 0 Å². The number of amides is 1. The van der Waals surface area contributed by atoms with Gasteiger partial charge in [0.2, 0.25) is 5.72 Å². The van der Waals surface area contributed by atoms with Gasteiger partial charge < -0.3 is 14.6 Å². The lowest BCUT2D eigenvalue weighted by Crippen LogP contribution is -2.78. The Morgan fingerprint density at radius 1 is 1.67 bits per heavy atom. The first-order chi connectivity index (χ1) is 8.47. The third-order valence-electron chi connectivity index (χ3n) is 3.00. The molecule has 0 unspecified atom stereocenters. The summed E-state index contributed by atoms with van der Waals surface area (Å²) in [6.07, 6.45) is 0. The van der Waals surface area contributed by atoms with Gasteiger partial charge in [0.1, 0.15) is 11.1 Å². The van der Waals surface area contributed by atoms with Crippen LogP contribution in [0, 0.1) is 0 Å². The highest BCUT2D eigenvalue weighted by Gasteiger charge is 2.63. The second kappa shape index (κ2) is 4.54. The number of carboxylic acids is 1. The Balaban J connectivity index is 2.37. The summed E-state index contributed by atoms with van der Waals surface area (Å²) in [5.74, 6) is -1.24. The number of nitrogens with two attached hydrogens (primary N) is 1. The Kier molecular flexibility index (Phi) is 3.37. The van der Waals surface area contributed by atoms with E-state index in [2.05, 4.69) is 0 Å². The second-order valence-electron chi connectivity index (χ2n) is 4.03. The normalized spacial score (nSPS) is 31.2. The number of hydrogen-bond acceptors (Lipinski definition) is 6. The quantitative estimate of drug-likeness (QED) is 0.510. The van der Waals surface area contributed by atoms with E-state index in [-0.39, 0.29) is 12.3 Å². The van der Waals surface area contributed by atoms with Gasteiger partial charge >= 0.3 is 5.97 Å². The molecule has 0 aromatic heterocycles. The number of thioether (sulfide) groups is 1. The van der Waals surface area contributed by atoms with Crippen molar-refractivity contribution in [2.45, 2.75) is 11.1 Å². The molecule has 0 aromatic carbocycles. The summed E-state index contributed by atoms with van der Waals surface area (Å²) in [6, 6.07) is 0. The highest BCUT2D eigenvalue weighted by atomic mass is 32.2. The molecule has 1 saturated heterocycles. The molecule has 3 N–H and O–H groups in total. The molecular weight excluding hydrogens is 260 g/mol. The topological polar surface area (TPSA) is 102 Å². The molecular formula is C10H14N2O5S. The van der Waals surface area contributed by atoms with Gasteiger partial charge in [-0.05, 0) is 5.57 Å². The fourth-order valence-corrected chi connectivity index (χ4v) is 3.46. The minimum absolute atomic E-state index is 0.0382. The number of β-lactam (4-membered cyclic amide) rings is 1. The lowest BCUT2D eigenvalue weighted by Gasteiger charge is -2.54. The van der Waals surface area contributed by atoms with Gasteiger partial charge in [0.15, 0.2) is 0 Å². The van der Waals surface area contributed by atoms with Gasteiger partial charge in [0.05, 0.1) is 6.61 Å². The highest BCUT2D eigenvalue weighted by molar-refractivity contribution is 8.00. The second-order valence-corrected chi connectivity index (χ2v) is 5.09. The first-order valence-electron chi connectivity index (χ1n) is 5.21. The van der Waals surface area contributed by atoms with Crippen molar-refractivity contribution in [2.75, 3.05) is 26.6 Å². The van der Waals surface area contributed by atoms with Crippen LogP contribution in [0.4, 0.5) is 0 Å². The zero-order chi connectivity index (χ0) is 13.5. The molecule has 0 bridgehead atoms. The molecule has 0 aromatic rings. The Bertz CT molecular complexity index is 438. The molecule has 0 spiro atoms. The molecule has 100 valence electrons. The average Bonchev–Trinajstić information content (AvgIpc) is 2.36. The molecule has 2 aliphatic heterocycles. The van der Waals surface area contributed by atoms with Gasteiger partial charge in [-0.1, -0.05) is 0 Å². The van der Waals surface area contributed by atoms with E-state index < -0.39 is 23.0 Å². The van der Waals surface area contributed by atoms with Crippen LogP contribution in [0.2, 0.25) is 0 Å². The van der Waals surface area contributed by atoms with E-state index in [1.807, 2.05) is 0 Å². The standard InChI is InChI=1S/C10H14N2O5S/c1-16-3-5-4-18-9-10(11,17-2)8(15)12(9)6(5)7(13)14/h9H,3-4,11H2,1-2H3,(H,13,14)/t9-,10-/m0/s1. The Labute approximate surface area is 108 Å². The van der Waals surface area contributed by atoms with Crippen molar-refractivity contribution in [3.8, 4) is 0 Å². The number of carbonyl (C=O) groups is 2. The molecule has 0 radical (unpaired) electrons. The maximum Gasteiger partial charge on any atom is 0.352 e. The molecule has 0 aliphatic carbocycles. The van der Waals surface area contributed by atoms with E-state index in [4.69, 9.17) is 15.2 Å². The Morgan fingerprint density at radius 2 is 2.33 bits per heavy atom. The lowest BCUT2D eigenvalue weighted by atomic mass is 9.99. The molecule has 2 atom stereocenters. The molecule has 2 aliphatic rings. The van der Waals surface area contributed by atoms with Crippen molar-refractivity contribution in [3.63, 3.8) is 0 Å². The summed E-state index contributed by atoms with van der Waals surface area (Å²) in [4.78, 5) is 24.4. The summed E-state index contributed by atoms with van der Waals surface area (Å²) in [5, 5.41) is 8.72. The van der Waals surface area contributed by atoms with Crippen LogP contribution in [0.15, 0.2) is 11.3 Å². The molecule has 2 rings (SSSR count). The fourth-order valence-electron chi connectivity index (χ4n) is 2.09. The number of carbonyl (C=O) groups excluding carboxylic acids is 1. The summed E-state index contributed by atoms with van der Waals surface area (Å²) in [6.45, 7) is 0.176. The number of methoxy groups -OCH3 is 2. The van der Waals surface area contributed by atoms with E-state index in [1.54, 1.807) is 0 Å². The molecule has 1 fully saturated rings. The molecule has 7 nitrogen and oxygen atoms in total. The van der Waals surface area contributed by atoms with Crippen LogP contribution in [0.1, 0.15) is 0 Å². The molecule has 1 amide bonds. The Morgan fingerprint density at radius 3 is 2.83 bits per heavy atom. The van der Waals surface area contributed by atoms with E-state index >= 15 is 0 Å². The maximum absolute atomic E-state index is 11.9. The van der Waals surface area contributed by atoms with Crippen molar-refractivity contribution in [3.05, 3.63) is 11.3 Å². The zero-order valence-corrected chi connectivity index (χ0v) is 10.8. The number of carboxylic acid groups (broad SMARTS) is 1. The smallest absolute Gasteiger partial charge is 0.352 e. The SMILES string of the molecule is COCC1=C(C(=O)O)N2C(=O)[C@](N)(OC)[C@@H]2SC1. The predicted molar refractivity (Wildman–Crippen MR) is 63.6 cm³/mol. The van der Waals surface area contributed by atoms with Crippen molar-refractivity contribution in [2.24, 2.45) is 5.73 Å². The molecule has 2 heterocycles. The van der Waals surface area contributed by atoms with Gasteiger partial charge in [0, 0.05) is 20.0 Å². The number of aliphatic carboxylic acids is 1. The summed E-state index contributed by atoms with van der Waals surface area (Å²) in [5.41, 5.74) is 4.90.